The van der Waals surface area contributed by atoms with Crippen molar-refractivity contribution in [3.05, 3.63) is 39.6 Å². The minimum atomic E-state index is 0.545. The number of nitrogens with two attached hydrogens (primary N) is 1. The van der Waals surface area contributed by atoms with Crippen LogP contribution in [0.2, 0.25) is 5.02 Å². The molecule has 0 aliphatic carbocycles. The molecule has 0 aliphatic rings. The first-order valence-corrected chi connectivity index (χ1v) is 6.70. The lowest BCUT2D eigenvalue weighted by Gasteiger charge is -2.15. The maximum absolute atomic E-state index is 6.08. The Bertz CT molecular complexity index is 599. The zero-order valence-corrected chi connectivity index (χ0v) is 12.8. The van der Waals surface area contributed by atoms with E-state index in [0.717, 1.165) is 21.4 Å². The predicted molar refractivity (Wildman–Crippen MR) is 82.4 cm³/mol. The smallest absolute Gasteiger partial charge is 0.143 e. The van der Waals surface area contributed by atoms with Gasteiger partial charge in [0.25, 0.3) is 0 Å². The highest BCUT2D eigenvalue weighted by Crippen LogP contribution is 2.36. The fourth-order valence-electron chi connectivity index (χ4n) is 1.65. The number of benzene rings is 1. The largest absolute Gasteiger partial charge is 0.495 e. The van der Waals surface area contributed by atoms with Crippen molar-refractivity contribution in [3.63, 3.8) is 0 Å². The molecule has 19 heavy (non-hydrogen) atoms. The van der Waals surface area contributed by atoms with Gasteiger partial charge in [0.05, 0.1) is 34.8 Å². The van der Waals surface area contributed by atoms with Crippen molar-refractivity contribution in [1.29, 1.82) is 0 Å². The molecule has 0 atom stereocenters. The van der Waals surface area contributed by atoms with Crippen molar-refractivity contribution in [2.75, 3.05) is 18.2 Å². The monoisotopic (exact) mass is 341 g/mol. The van der Waals surface area contributed by atoms with Crippen LogP contribution < -0.4 is 15.8 Å². The molecule has 0 fully saturated rings. The second kappa shape index (κ2) is 5.67. The van der Waals surface area contributed by atoms with Gasteiger partial charge in [-0.2, -0.15) is 0 Å². The molecule has 0 saturated heterocycles. The number of methoxy groups -OCH3 is 1. The number of aryl methyl sites for hydroxylation is 1. The van der Waals surface area contributed by atoms with Crippen LogP contribution in [0, 0.1) is 6.92 Å². The second-order valence-electron chi connectivity index (χ2n) is 4.01. The van der Waals surface area contributed by atoms with E-state index in [1.54, 1.807) is 25.6 Å². The molecule has 0 unspecified atom stereocenters. The van der Waals surface area contributed by atoms with Gasteiger partial charge >= 0.3 is 0 Å². The molecule has 0 saturated carbocycles. The fourth-order valence-corrected chi connectivity index (χ4v) is 2.25. The zero-order chi connectivity index (χ0) is 14.0. The van der Waals surface area contributed by atoms with E-state index < -0.39 is 0 Å². The average Bonchev–Trinajstić information content (AvgIpc) is 2.37. The molecule has 4 nitrogen and oxygen atoms in total. The van der Waals surface area contributed by atoms with Gasteiger partial charge in [-0.1, -0.05) is 11.6 Å². The van der Waals surface area contributed by atoms with Gasteiger partial charge in [-0.05, 0) is 34.5 Å². The van der Waals surface area contributed by atoms with E-state index in [-0.39, 0.29) is 0 Å². The van der Waals surface area contributed by atoms with Crippen LogP contribution in [0.3, 0.4) is 0 Å². The Morgan fingerprint density at radius 2 is 2.11 bits per heavy atom. The number of aromatic nitrogens is 1. The molecule has 100 valence electrons. The van der Waals surface area contributed by atoms with E-state index in [4.69, 9.17) is 22.1 Å². The summed E-state index contributed by atoms with van der Waals surface area (Å²) in [7, 11) is 1.59. The highest BCUT2D eigenvalue weighted by atomic mass is 79.9. The highest BCUT2D eigenvalue weighted by molar-refractivity contribution is 9.10. The number of ether oxygens (including phenoxy) is 1. The SMILES string of the molecule is COc1cc(Cl)c(C)cc1Nc1c(N)cncc1Br. The van der Waals surface area contributed by atoms with Gasteiger partial charge in [0.2, 0.25) is 0 Å². The van der Waals surface area contributed by atoms with Gasteiger partial charge in [-0.25, -0.2) is 0 Å². The summed E-state index contributed by atoms with van der Waals surface area (Å²) < 4.78 is 6.09. The standard InChI is InChI=1S/C13H13BrClN3O/c1-7-3-11(12(19-2)4-9(7)15)18-13-8(14)5-17-6-10(13)16/h3-6H,16H2,1-2H3,(H,17,18). The number of nitrogens with one attached hydrogen (secondary N) is 1. The molecule has 1 aromatic carbocycles. The average molecular weight is 343 g/mol. The lowest BCUT2D eigenvalue weighted by atomic mass is 10.2. The summed E-state index contributed by atoms with van der Waals surface area (Å²) in [6, 6.07) is 3.68. The summed E-state index contributed by atoms with van der Waals surface area (Å²) >= 11 is 9.49. The number of rotatable bonds is 3. The number of halogens is 2. The summed E-state index contributed by atoms with van der Waals surface area (Å²) in [5, 5.41) is 3.89. The maximum atomic E-state index is 6.08. The number of nitrogens with zero attached hydrogens (tertiary/aromatic N) is 1. The van der Waals surface area contributed by atoms with Crippen molar-refractivity contribution in [3.8, 4) is 5.75 Å². The lowest BCUT2D eigenvalue weighted by Crippen LogP contribution is -2.00. The first kappa shape index (κ1) is 14.0. The Morgan fingerprint density at radius 3 is 2.74 bits per heavy atom. The third-order valence-corrected chi connectivity index (χ3v) is 3.68. The number of anilines is 3. The summed E-state index contributed by atoms with van der Waals surface area (Å²) in [6.07, 6.45) is 3.26. The summed E-state index contributed by atoms with van der Waals surface area (Å²) in [5.41, 5.74) is 8.94. The normalized spacial score (nSPS) is 10.3. The molecule has 0 amide bonds. The molecule has 0 spiro atoms. The molecule has 2 rings (SSSR count). The minimum Gasteiger partial charge on any atom is -0.495 e. The van der Waals surface area contributed by atoms with Crippen molar-refractivity contribution in [2.45, 2.75) is 6.92 Å². The van der Waals surface area contributed by atoms with E-state index in [0.29, 0.717) is 16.5 Å². The quantitative estimate of drug-likeness (QED) is 0.880. The van der Waals surface area contributed by atoms with E-state index >= 15 is 0 Å². The Kier molecular flexibility index (Phi) is 4.17. The predicted octanol–water partition coefficient (Wildman–Crippen LogP) is 4.14. The Hall–Kier alpha value is -1.46. The van der Waals surface area contributed by atoms with E-state index in [2.05, 4.69) is 26.2 Å². The van der Waals surface area contributed by atoms with Crippen LogP contribution in [0.15, 0.2) is 29.0 Å². The van der Waals surface area contributed by atoms with Gasteiger partial charge in [-0.15, -0.1) is 0 Å². The minimum absolute atomic E-state index is 0.545. The fraction of sp³-hybridized carbons (Fsp3) is 0.154. The van der Waals surface area contributed by atoms with E-state index in [1.165, 1.54) is 0 Å². The molecule has 3 N–H and O–H groups in total. The Morgan fingerprint density at radius 1 is 1.37 bits per heavy atom. The summed E-state index contributed by atoms with van der Waals surface area (Å²) in [4.78, 5) is 4.00. The van der Waals surface area contributed by atoms with Crippen LogP contribution >= 0.6 is 27.5 Å². The van der Waals surface area contributed by atoms with Crippen LogP contribution in [0.1, 0.15) is 5.56 Å². The van der Waals surface area contributed by atoms with Crippen LogP contribution in [-0.4, -0.2) is 12.1 Å². The molecule has 1 heterocycles. The van der Waals surface area contributed by atoms with Crippen molar-refractivity contribution in [2.24, 2.45) is 0 Å². The van der Waals surface area contributed by atoms with Crippen molar-refractivity contribution >= 4 is 44.6 Å². The molecule has 0 radical (unpaired) electrons. The number of hydrogen-bond acceptors (Lipinski definition) is 4. The molecule has 1 aromatic heterocycles. The number of pyridine rings is 1. The Labute approximate surface area is 125 Å². The molecular weight excluding hydrogens is 330 g/mol. The van der Waals surface area contributed by atoms with Crippen molar-refractivity contribution < 1.29 is 4.74 Å². The first-order chi connectivity index (χ1) is 9.02. The zero-order valence-electron chi connectivity index (χ0n) is 10.5. The van der Waals surface area contributed by atoms with Crippen LogP contribution in [0.4, 0.5) is 17.1 Å². The van der Waals surface area contributed by atoms with Gasteiger partial charge in [0, 0.05) is 17.3 Å². The van der Waals surface area contributed by atoms with Crippen molar-refractivity contribution in [1.82, 2.24) is 4.98 Å². The topological polar surface area (TPSA) is 60.2 Å². The molecule has 6 heteroatoms. The summed E-state index contributed by atoms with van der Waals surface area (Å²) in [5.74, 6) is 0.652. The Balaban J connectivity index is 2.46. The van der Waals surface area contributed by atoms with Crippen LogP contribution in [0.25, 0.3) is 0 Å². The lowest BCUT2D eigenvalue weighted by molar-refractivity contribution is 0.417. The second-order valence-corrected chi connectivity index (χ2v) is 5.27. The highest BCUT2D eigenvalue weighted by Gasteiger charge is 2.11. The van der Waals surface area contributed by atoms with Crippen LogP contribution in [0.5, 0.6) is 5.75 Å². The van der Waals surface area contributed by atoms with Gasteiger partial charge in [0.1, 0.15) is 5.75 Å². The molecular formula is C13H13BrClN3O. The molecule has 2 aromatic rings. The van der Waals surface area contributed by atoms with Crippen LogP contribution in [-0.2, 0) is 0 Å². The van der Waals surface area contributed by atoms with E-state index in [9.17, 15) is 0 Å². The maximum Gasteiger partial charge on any atom is 0.143 e. The summed E-state index contributed by atoms with van der Waals surface area (Å²) in [6.45, 7) is 1.93. The number of hydrogen-bond donors (Lipinski definition) is 2. The molecule has 0 aliphatic heterocycles. The van der Waals surface area contributed by atoms with Gasteiger partial charge in [0.15, 0.2) is 0 Å². The van der Waals surface area contributed by atoms with Gasteiger partial charge < -0.3 is 15.8 Å². The van der Waals surface area contributed by atoms with Gasteiger partial charge in [-0.3, -0.25) is 4.98 Å². The third kappa shape index (κ3) is 2.93. The third-order valence-electron chi connectivity index (χ3n) is 2.67. The first-order valence-electron chi connectivity index (χ1n) is 5.53. The molecule has 0 bridgehead atoms. The van der Waals surface area contributed by atoms with E-state index in [1.807, 2.05) is 13.0 Å². The number of nitrogen functional groups attached to an aromatic ring is 1.